The van der Waals surface area contributed by atoms with Gasteiger partial charge < -0.3 is 9.64 Å². The average Bonchev–Trinajstić information content (AvgIpc) is 3.12. The normalized spacial score (nSPS) is 20.9. The molecule has 23 heavy (non-hydrogen) atoms. The van der Waals surface area contributed by atoms with E-state index < -0.39 is 0 Å². The number of nitrogens with zero attached hydrogens (tertiary/aromatic N) is 4. The Bertz CT molecular complexity index is 664. The second-order valence-electron chi connectivity index (χ2n) is 6.08. The SMILES string of the molecule is COC[C@@H]1CN(C(=O)c2cc(C)n(C)n2)C[C@H]1c1ccccn1. The maximum Gasteiger partial charge on any atom is 0.274 e. The lowest BCUT2D eigenvalue weighted by atomic mass is 9.93. The van der Waals surface area contributed by atoms with Gasteiger partial charge in [-0.2, -0.15) is 5.10 Å². The number of pyridine rings is 1. The van der Waals surface area contributed by atoms with Gasteiger partial charge in [0, 0.05) is 56.7 Å². The van der Waals surface area contributed by atoms with E-state index in [1.807, 2.05) is 43.1 Å². The summed E-state index contributed by atoms with van der Waals surface area (Å²) in [5.74, 6) is 0.432. The van der Waals surface area contributed by atoms with Crippen molar-refractivity contribution in [2.24, 2.45) is 13.0 Å². The minimum absolute atomic E-state index is 0.0202. The highest BCUT2D eigenvalue weighted by atomic mass is 16.5. The number of hydrogen-bond acceptors (Lipinski definition) is 4. The number of aryl methyl sites for hydroxylation is 2. The van der Waals surface area contributed by atoms with Crippen molar-refractivity contribution in [3.8, 4) is 0 Å². The van der Waals surface area contributed by atoms with Crippen LogP contribution in [0, 0.1) is 12.8 Å². The third-order valence-corrected chi connectivity index (χ3v) is 4.51. The highest BCUT2D eigenvalue weighted by molar-refractivity contribution is 5.92. The topological polar surface area (TPSA) is 60.2 Å². The maximum atomic E-state index is 12.7. The minimum atomic E-state index is -0.0202. The van der Waals surface area contributed by atoms with Crippen LogP contribution in [0.4, 0.5) is 0 Å². The number of carbonyl (C=O) groups is 1. The predicted octanol–water partition coefficient (Wildman–Crippen LogP) is 1.63. The van der Waals surface area contributed by atoms with Gasteiger partial charge in [-0.05, 0) is 25.1 Å². The third-order valence-electron chi connectivity index (χ3n) is 4.51. The molecule has 3 heterocycles. The summed E-state index contributed by atoms with van der Waals surface area (Å²) in [4.78, 5) is 19.1. The molecule has 122 valence electrons. The summed E-state index contributed by atoms with van der Waals surface area (Å²) in [5.41, 5.74) is 2.49. The Morgan fingerprint density at radius 1 is 1.39 bits per heavy atom. The monoisotopic (exact) mass is 314 g/mol. The Labute approximate surface area is 136 Å². The number of hydrogen-bond donors (Lipinski definition) is 0. The van der Waals surface area contributed by atoms with Gasteiger partial charge in [-0.1, -0.05) is 6.07 Å². The molecule has 2 aromatic rings. The van der Waals surface area contributed by atoms with Gasteiger partial charge in [0.1, 0.15) is 0 Å². The molecule has 1 fully saturated rings. The van der Waals surface area contributed by atoms with Crippen LogP contribution in [0.15, 0.2) is 30.5 Å². The van der Waals surface area contributed by atoms with Crippen molar-refractivity contribution in [2.75, 3.05) is 26.8 Å². The van der Waals surface area contributed by atoms with Gasteiger partial charge in [0.05, 0.1) is 6.61 Å². The van der Waals surface area contributed by atoms with E-state index in [9.17, 15) is 4.79 Å². The van der Waals surface area contributed by atoms with Gasteiger partial charge >= 0.3 is 0 Å². The lowest BCUT2D eigenvalue weighted by Gasteiger charge is -2.16. The summed E-state index contributed by atoms with van der Waals surface area (Å²) in [5, 5.41) is 4.30. The third kappa shape index (κ3) is 3.12. The van der Waals surface area contributed by atoms with Crippen molar-refractivity contribution in [3.05, 3.63) is 47.5 Å². The van der Waals surface area contributed by atoms with Gasteiger partial charge in [0.25, 0.3) is 5.91 Å². The molecule has 0 bridgehead atoms. The van der Waals surface area contributed by atoms with E-state index in [2.05, 4.69) is 10.1 Å². The molecule has 0 unspecified atom stereocenters. The van der Waals surface area contributed by atoms with Gasteiger partial charge in [-0.3, -0.25) is 14.5 Å². The van der Waals surface area contributed by atoms with Gasteiger partial charge in [0.15, 0.2) is 5.69 Å². The molecule has 1 saturated heterocycles. The molecule has 6 heteroatoms. The molecule has 0 spiro atoms. The van der Waals surface area contributed by atoms with E-state index in [1.54, 1.807) is 18.0 Å². The summed E-state index contributed by atoms with van der Waals surface area (Å²) >= 11 is 0. The Morgan fingerprint density at radius 3 is 2.83 bits per heavy atom. The first-order valence-electron chi connectivity index (χ1n) is 7.80. The Hall–Kier alpha value is -2.21. The Morgan fingerprint density at radius 2 is 2.22 bits per heavy atom. The summed E-state index contributed by atoms with van der Waals surface area (Å²) in [7, 11) is 3.54. The van der Waals surface area contributed by atoms with E-state index in [1.165, 1.54) is 0 Å². The van der Waals surface area contributed by atoms with E-state index in [4.69, 9.17) is 4.74 Å². The number of ether oxygens (including phenoxy) is 1. The second-order valence-corrected chi connectivity index (χ2v) is 6.08. The molecule has 0 aliphatic carbocycles. The van der Waals surface area contributed by atoms with Crippen LogP contribution in [0.2, 0.25) is 0 Å². The van der Waals surface area contributed by atoms with Crippen LogP contribution in [-0.2, 0) is 11.8 Å². The van der Waals surface area contributed by atoms with Crippen molar-refractivity contribution in [3.63, 3.8) is 0 Å². The smallest absolute Gasteiger partial charge is 0.274 e. The maximum absolute atomic E-state index is 12.7. The molecule has 0 saturated carbocycles. The number of methoxy groups -OCH3 is 1. The quantitative estimate of drug-likeness (QED) is 0.860. The van der Waals surface area contributed by atoms with Crippen molar-refractivity contribution in [1.29, 1.82) is 0 Å². The second kappa shape index (κ2) is 6.50. The van der Waals surface area contributed by atoms with E-state index in [0.717, 1.165) is 11.4 Å². The summed E-state index contributed by atoms with van der Waals surface area (Å²) in [6.07, 6.45) is 1.80. The zero-order valence-corrected chi connectivity index (χ0v) is 13.8. The zero-order valence-electron chi connectivity index (χ0n) is 13.8. The molecule has 1 aliphatic heterocycles. The van der Waals surface area contributed by atoms with E-state index in [-0.39, 0.29) is 17.7 Å². The van der Waals surface area contributed by atoms with Crippen molar-refractivity contribution < 1.29 is 9.53 Å². The van der Waals surface area contributed by atoms with Crippen molar-refractivity contribution in [2.45, 2.75) is 12.8 Å². The lowest BCUT2D eigenvalue weighted by Crippen LogP contribution is -2.29. The zero-order chi connectivity index (χ0) is 16.4. The van der Waals surface area contributed by atoms with E-state index in [0.29, 0.717) is 25.4 Å². The molecule has 0 radical (unpaired) electrons. The van der Waals surface area contributed by atoms with Crippen LogP contribution in [-0.4, -0.2) is 52.4 Å². The lowest BCUT2D eigenvalue weighted by molar-refractivity contribution is 0.0769. The highest BCUT2D eigenvalue weighted by Crippen LogP contribution is 2.32. The number of amides is 1. The average molecular weight is 314 g/mol. The molecule has 1 amide bonds. The molecule has 1 aliphatic rings. The molecule has 0 aromatic carbocycles. The molecule has 3 rings (SSSR count). The van der Waals surface area contributed by atoms with Gasteiger partial charge in [0.2, 0.25) is 0 Å². The van der Waals surface area contributed by atoms with Crippen LogP contribution in [0.1, 0.15) is 27.8 Å². The van der Waals surface area contributed by atoms with E-state index >= 15 is 0 Å². The van der Waals surface area contributed by atoms with Crippen LogP contribution < -0.4 is 0 Å². The number of aromatic nitrogens is 3. The van der Waals surface area contributed by atoms with Crippen LogP contribution in [0.25, 0.3) is 0 Å². The fraction of sp³-hybridized carbons (Fsp3) is 0.471. The minimum Gasteiger partial charge on any atom is -0.384 e. The first-order valence-corrected chi connectivity index (χ1v) is 7.80. The fourth-order valence-electron chi connectivity index (χ4n) is 3.18. The largest absolute Gasteiger partial charge is 0.384 e. The first kappa shape index (κ1) is 15.7. The number of rotatable bonds is 4. The Balaban J connectivity index is 1.81. The van der Waals surface area contributed by atoms with Crippen molar-refractivity contribution in [1.82, 2.24) is 19.7 Å². The predicted molar refractivity (Wildman–Crippen MR) is 86.2 cm³/mol. The number of carbonyl (C=O) groups excluding carboxylic acids is 1. The van der Waals surface area contributed by atoms with Gasteiger partial charge in [-0.15, -0.1) is 0 Å². The molecular formula is C17H22N4O2. The molecule has 2 aromatic heterocycles. The number of likely N-dealkylation sites (tertiary alicyclic amines) is 1. The van der Waals surface area contributed by atoms with Crippen LogP contribution in [0.5, 0.6) is 0 Å². The highest BCUT2D eigenvalue weighted by Gasteiger charge is 2.37. The molecular weight excluding hydrogens is 292 g/mol. The first-order chi connectivity index (χ1) is 11.1. The molecule has 2 atom stereocenters. The van der Waals surface area contributed by atoms with Gasteiger partial charge in [-0.25, -0.2) is 0 Å². The molecule has 6 nitrogen and oxygen atoms in total. The van der Waals surface area contributed by atoms with Crippen molar-refractivity contribution >= 4 is 5.91 Å². The molecule has 0 N–H and O–H groups in total. The fourth-order valence-corrected chi connectivity index (χ4v) is 3.18. The summed E-state index contributed by atoms with van der Waals surface area (Å²) in [6, 6.07) is 7.75. The standard InChI is InChI=1S/C17H22N4O2/c1-12-8-16(19-20(12)2)17(22)21-9-13(11-23-3)14(10-21)15-6-4-5-7-18-15/h4-8,13-14H,9-11H2,1-3H3/t13-,14+/m0/s1. The summed E-state index contributed by atoms with van der Waals surface area (Å²) < 4.78 is 7.08. The Kier molecular flexibility index (Phi) is 4.43. The summed E-state index contributed by atoms with van der Waals surface area (Å²) in [6.45, 7) is 3.88. The van der Waals surface area contributed by atoms with Crippen LogP contribution in [0.3, 0.4) is 0 Å². The van der Waals surface area contributed by atoms with Crippen LogP contribution >= 0.6 is 0 Å².